The first-order chi connectivity index (χ1) is 15.8. The van der Waals surface area contributed by atoms with Crippen LogP contribution in [0.2, 0.25) is 0 Å². The molecular weight excluding hydrogens is 386 g/mol. The van der Waals surface area contributed by atoms with E-state index in [2.05, 4.69) is 133 Å². The molecule has 0 atom stereocenters. The number of hydrogen-bond acceptors (Lipinski definition) is 0. The molecule has 1 heterocycles. The van der Waals surface area contributed by atoms with E-state index < -0.39 is 0 Å². The summed E-state index contributed by atoms with van der Waals surface area (Å²) < 4.78 is 2.38. The van der Waals surface area contributed by atoms with Gasteiger partial charge in [-0.05, 0) is 34.4 Å². The highest BCUT2D eigenvalue weighted by atomic mass is 14.9. The Hall–Kier alpha value is -4.10. The molecule has 0 spiro atoms. The van der Waals surface area contributed by atoms with E-state index in [0.717, 1.165) is 0 Å². The summed E-state index contributed by atoms with van der Waals surface area (Å²) in [5.74, 6) is 0. The summed E-state index contributed by atoms with van der Waals surface area (Å²) in [6.45, 7) is 0. The molecule has 6 aromatic rings. The maximum absolute atomic E-state index is 2.38. The van der Waals surface area contributed by atoms with E-state index in [9.17, 15) is 0 Å². The van der Waals surface area contributed by atoms with E-state index in [4.69, 9.17) is 0 Å². The number of nitrogens with zero attached hydrogens (tertiary/aromatic N) is 1. The minimum absolute atomic E-state index is 1.24. The largest absolute Gasteiger partial charge is 0.343 e. The van der Waals surface area contributed by atoms with Crippen LogP contribution in [0.4, 0.5) is 0 Å². The Morgan fingerprint density at radius 1 is 0.406 bits per heavy atom. The third-order valence-corrected chi connectivity index (χ3v) is 6.38. The van der Waals surface area contributed by atoms with Gasteiger partial charge in [-0.3, -0.25) is 0 Å². The topological polar surface area (TPSA) is 4.93 Å². The lowest BCUT2D eigenvalue weighted by Crippen LogP contribution is -1.93. The first-order valence-corrected chi connectivity index (χ1v) is 11.0. The van der Waals surface area contributed by atoms with Gasteiger partial charge in [0.15, 0.2) is 0 Å². The number of benzene rings is 5. The fourth-order valence-corrected chi connectivity index (χ4v) is 4.92. The van der Waals surface area contributed by atoms with Gasteiger partial charge in [0.05, 0.1) is 11.0 Å². The zero-order valence-electron chi connectivity index (χ0n) is 18.0. The van der Waals surface area contributed by atoms with Gasteiger partial charge in [0.2, 0.25) is 0 Å². The maximum Gasteiger partial charge on any atom is 0.0568 e. The molecule has 0 bridgehead atoms. The Kier molecular flexibility index (Phi) is 4.40. The lowest BCUT2D eigenvalue weighted by Gasteiger charge is -2.11. The Labute approximate surface area is 188 Å². The third-order valence-electron chi connectivity index (χ3n) is 6.38. The van der Waals surface area contributed by atoms with Crippen molar-refractivity contribution in [3.8, 4) is 33.4 Å². The van der Waals surface area contributed by atoms with Crippen molar-refractivity contribution in [1.82, 2.24) is 4.57 Å². The monoisotopic (exact) mass is 409 g/mol. The van der Waals surface area contributed by atoms with Gasteiger partial charge >= 0.3 is 0 Å². The summed E-state index contributed by atoms with van der Waals surface area (Å²) in [5.41, 5.74) is 10.0. The summed E-state index contributed by atoms with van der Waals surface area (Å²) in [6, 6.07) is 43.5. The van der Waals surface area contributed by atoms with Crippen molar-refractivity contribution in [2.45, 2.75) is 0 Å². The second-order valence-corrected chi connectivity index (χ2v) is 8.28. The molecule has 32 heavy (non-hydrogen) atoms. The summed E-state index contributed by atoms with van der Waals surface area (Å²) in [5, 5.41) is 2.58. The molecule has 6 rings (SSSR count). The zero-order chi connectivity index (χ0) is 21.5. The standard InChI is InChI=1S/C31H23N/c1-32-30-26(23-14-7-3-8-15-23)18-11-19-27(30)29-21-25(22-12-5-2-6-13-22)20-28(31(29)32)24-16-9-4-10-17-24/h2-21H,1H3. The van der Waals surface area contributed by atoms with Crippen LogP contribution in [0, 0.1) is 0 Å². The average molecular weight is 410 g/mol. The highest BCUT2D eigenvalue weighted by molar-refractivity contribution is 6.17. The van der Waals surface area contributed by atoms with Gasteiger partial charge in [0.25, 0.3) is 0 Å². The fraction of sp³-hybridized carbons (Fsp3) is 0.0323. The van der Waals surface area contributed by atoms with E-state index >= 15 is 0 Å². The van der Waals surface area contributed by atoms with E-state index in [-0.39, 0.29) is 0 Å². The summed E-state index contributed by atoms with van der Waals surface area (Å²) in [4.78, 5) is 0. The van der Waals surface area contributed by atoms with Crippen molar-refractivity contribution >= 4 is 21.8 Å². The number of hydrogen-bond donors (Lipinski definition) is 0. The molecule has 0 amide bonds. The molecule has 0 saturated carbocycles. The van der Waals surface area contributed by atoms with E-state index in [1.54, 1.807) is 0 Å². The predicted octanol–water partition coefficient (Wildman–Crippen LogP) is 8.33. The van der Waals surface area contributed by atoms with Crippen molar-refractivity contribution in [3.05, 3.63) is 121 Å². The van der Waals surface area contributed by atoms with Crippen molar-refractivity contribution in [2.75, 3.05) is 0 Å². The number of rotatable bonds is 3. The van der Waals surface area contributed by atoms with Crippen LogP contribution >= 0.6 is 0 Å². The van der Waals surface area contributed by atoms with Crippen LogP contribution in [0.15, 0.2) is 121 Å². The SMILES string of the molecule is Cn1c2c(-c3ccccc3)cccc2c2cc(-c3ccccc3)cc(-c3ccccc3)c21. The minimum atomic E-state index is 1.24. The summed E-state index contributed by atoms with van der Waals surface area (Å²) in [7, 11) is 2.20. The van der Waals surface area contributed by atoms with Crippen molar-refractivity contribution in [3.63, 3.8) is 0 Å². The van der Waals surface area contributed by atoms with Crippen LogP contribution in [0.25, 0.3) is 55.2 Å². The van der Waals surface area contributed by atoms with Crippen LogP contribution in [0.5, 0.6) is 0 Å². The van der Waals surface area contributed by atoms with Crippen LogP contribution in [0.3, 0.4) is 0 Å². The molecule has 0 aliphatic rings. The van der Waals surface area contributed by atoms with E-state index in [0.29, 0.717) is 0 Å². The Morgan fingerprint density at radius 2 is 0.938 bits per heavy atom. The Balaban J connectivity index is 1.76. The first-order valence-electron chi connectivity index (χ1n) is 11.0. The van der Waals surface area contributed by atoms with Gasteiger partial charge < -0.3 is 4.57 Å². The molecule has 0 unspecified atom stereocenters. The Morgan fingerprint density at radius 3 is 1.56 bits per heavy atom. The third kappa shape index (κ3) is 2.94. The zero-order valence-corrected chi connectivity index (χ0v) is 18.0. The molecule has 1 aromatic heterocycles. The molecule has 1 heteroatoms. The number of aromatic nitrogens is 1. The second kappa shape index (κ2) is 7.55. The average Bonchev–Trinajstić information content (AvgIpc) is 3.17. The Bertz CT molecular complexity index is 1540. The molecule has 1 nitrogen and oxygen atoms in total. The molecule has 0 N–H and O–H groups in total. The lowest BCUT2D eigenvalue weighted by molar-refractivity contribution is 1.02. The van der Waals surface area contributed by atoms with E-state index in [1.165, 1.54) is 55.2 Å². The molecule has 0 saturated heterocycles. The van der Waals surface area contributed by atoms with Gasteiger partial charge in [0.1, 0.15) is 0 Å². The number of para-hydroxylation sites is 1. The summed E-state index contributed by atoms with van der Waals surface area (Å²) >= 11 is 0. The predicted molar refractivity (Wildman–Crippen MR) is 137 cm³/mol. The van der Waals surface area contributed by atoms with Crippen LogP contribution < -0.4 is 0 Å². The van der Waals surface area contributed by atoms with Crippen LogP contribution in [0.1, 0.15) is 0 Å². The van der Waals surface area contributed by atoms with Crippen molar-refractivity contribution < 1.29 is 0 Å². The fourth-order valence-electron chi connectivity index (χ4n) is 4.92. The number of fused-ring (bicyclic) bond motifs is 3. The van der Waals surface area contributed by atoms with Crippen molar-refractivity contribution in [2.24, 2.45) is 7.05 Å². The van der Waals surface area contributed by atoms with Crippen LogP contribution in [-0.4, -0.2) is 4.57 Å². The smallest absolute Gasteiger partial charge is 0.0568 e. The van der Waals surface area contributed by atoms with Gasteiger partial charge in [-0.25, -0.2) is 0 Å². The highest BCUT2D eigenvalue weighted by Gasteiger charge is 2.18. The maximum atomic E-state index is 2.38. The normalized spacial score (nSPS) is 11.3. The quantitative estimate of drug-likeness (QED) is 0.277. The van der Waals surface area contributed by atoms with Crippen molar-refractivity contribution in [1.29, 1.82) is 0 Å². The van der Waals surface area contributed by atoms with Gasteiger partial charge in [-0.1, -0.05) is 109 Å². The molecular formula is C31H23N. The molecule has 0 fully saturated rings. The molecule has 0 aliphatic heterocycles. The number of aryl methyl sites for hydroxylation is 1. The highest BCUT2D eigenvalue weighted by Crippen LogP contribution is 2.41. The molecule has 0 radical (unpaired) electrons. The van der Waals surface area contributed by atoms with E-state index in [1.807, 2.05) is 0 Å². The van der Waals surface area contributed by atoms with Crippen LogP contribution in [-0.2, 0) is 7.05 Å². The summed E-state index contributed by atoms with van der Waals surface area (Å²) in [6.07, 6.45) is 0. The second-order valence-electron chi connectivity index (χ2n) is 8.28. The molecule has 152 valence electrons. The van der Waals surface area contributed by atoms with Gasteiger partial charge in [-0.2, -0.15) is 0 Å². The van der Waals surface area contributed by atoms with Gasteiger partial charge in [-0.15, -0.1) is 0 Å². The first kappa shape index (κ1) is 18.7. The van der Waals surface area contributed by atoms with Gasteiger partial charge in [0, 0.05) is 28.9 Å². The minimum Gasteiger partial charge on any atom is -0.343 e. The lowest BCUT2D eigenvalue weighted by atomic mass is 9.95. The molecule has 0 aliphatic carbocycles. The molecule has 5 aromatic carbocycles.